The zero-order valence-electron chi connectivity index (χ0n) is 16.3. The fourth-order valence-corrected chi connectivity index (χ4v) is 4.64. The molecular formula is C20H25N3O5. The van der Waals surface area contributed by atoms with Crippen LogP contribution in [-0.4, -0.2) is 30.2 Å². The highest BCUT2D eigenvalue weighted by molar-refractivity contribution is 6.04. The first kappa shape index (κ1) is 19.9. The van der Waals surface area contributed by atoms with Gasteiger partial charge in [0.15, 0.2) is 6.61 Å². The molecule has 3 rings (SSSR count). The number of carbonyl (C=O) groups excluding carboxylic acids is 4. The van der Waals surface area contributed by atoms with Crippen LogP contribution in [0, 0.1) is 16.2 Å². The van der Waals surface area contributed by atoms with Gasteiger partial charge in [-0.1, -0.05) is 39.0 Å². The highest BCUT2D eigenvalue weighted by Crippen LogP contribution is 2.56. The molecule has 2 aliphatic rings. The maximum atomic E-state index is 12.8. The second kappa shape index (κ2) is 6.92. The second-order valence-electron chi connectivity index (χ2n) is 8.60. The highest BCUT2D eigenvalue weighted by Gasteiger charge is 2.60. The van der Waals surface area contributed by atoms with Gasteiger partial charge in [-0.3, -0.25) is 35.3 Å². The number of hydrogen-bond donors (Lipinski definition) is 3. The van der Waals surface area contributed by atoms with Crippen LogP contribution >= 0.6 is 0 Å². The number of carbonyl (C=O) groups is 4. The van der Waals surface area contributed by atoms with Crippen molar-refractivity contribution in [1.82, 2.24) is 16.2 Å². The van der Waals surface area contributed by atoms with Gasteiger partial charge in [0.25, 0.3) is 5.91 Å². The maximum Gasteiger partial charge on any atom is 0.276 e. The zero-order chi connectivity index (χ0) is 20.6. The van der Waals surface area contributed by atoms with Crippen LogP contribution in [0.15, 0.2) is 30.3 Å². The van der Waals surface area contributed by atoms with Crippen molar-refractivity contribution < 1.29 is 23.9 Å². The van der Waals surface area contributed by atoms with Gasteiger partial charge in [-0.25, -0.2) is 0 Å². The highest BCUT2D eigenvalue weighted by atomic mass is 16.5. The summed E-state index contributed by atoms with van der Waals surface area (Å²) >= 11 is 0. The Morgan fingerprint density at radius 1 is 0.964 bits per heavy atom. The molecule has 1 aliphatic carbocycles. The number of piperidine rings is 1. The standard InChI is InChI=1S/C20H25N3O5/c1-18-10-19(2,16(26)21-15(18)25)12-20(3,11-18)17(27)23-22-14(24)9-28-13-7-5-4-6-8-13/h4-8H,9-12H2,1-3H3,(H,22,24)(H,23,27)(H,21,25,26). The molecule has 150 valence electrons. The van der Waals surface area contributed by atoms with E-state index >= 15 is 0 Å². The van der Waals surface area contributed by atoms with E-state index < -0.39 is 28.1 Å². The Labute approximate surface area is 163 Å². The van der Waals surface area contributed by atoms with Crippen molar-refractivity contribution in [1.29, 1.82) is 0 Å². The van der Waals surface area contributed by atoms with E-state index in [0.717, 1.165) is 0 Å². The number of fused-ring (bicyclic) bond motifs is 2. The van der Waals surface area contributed by atoms with Crippen molar-refractivity contribution >= 4 is 23.6 Å². The van der Waals surface area contributed by atoms with E-state index in [0.29, 0.717) is 12.2 Å². The number of imide groups is 1. The molecule has 1 heterocycles. The van der Waals surface area contributed by atoms with E-state index in [1.807, 2.05) is 6.07 Å². The Balaban J connectivity index is 1.61. The number of rotatable bonds is 4. The summed E-state index contributed by atoms with van der Waals surface area (Å²) in [6.07, 6.45) is 0.985. The van der Waals surface area contributed by atoms with E-state index in [2.05, 4.69) is 16.2 Å². The molecule has 28 heavy (non-hydrogen) atoms. The Morgan fingerprint density at radius 3 is 2.11 bits per heavy atom. The van der Waals surface area contributed by atoms with Crippen LogP contribution in [0.3, 0.4) is 0 Å². The molecule has 1 saturated carbocycles. The van der Waals surface area contributed by atoms with Crippen LogP contribution in [0.5, 0.6) is 5.75 Å². The topological polar surface area (TPSA) is 114 Å². The predicted molar refractivity (Wildman–Crippen MR) is 99.5 cm³/mol. The summed E-state index contributed by atoms with van der Waals surface area (Å²) in [7, 11) is 0. The third-order valence-corrected chi connectivity index (χ3v) is 5.64. The largest absolute Gasteiger partial charge is 0.484 e. The fraction of sp³-hybridized carbons (Fsp3) is 0.500. The summed E-state index contributed by atoms with van der Waals surface area (Å²) in [6.45, 7) is 5.00. The van der Waals surface area contributed by atoms with Crippen LogP contribution in [-0.2, 0) is 19.2 Å². The Hall–Kier alpha value is -2.90. The van der Waals surface area contributed by atoms with Gasteiger partial charge < -0.3 is 4.74 Å². The van der Waals surface area contributed by atoms with Gasteiger partial charge in [0.2, 0.25) is 17.7 Å². The molecule has 1 aromatic carbocycles. The summed E-state index contributed by atoms with van der Waals surface area (Å²) in [5.74, 6) is -1.10. The van der Waals surface area contributed by atoms with Crippen LogP contribution in [0.1, 0.15) is 40.0 Å². The fourth-order valence-electron chi connectivity index (χ4n) is 4.64. The van der Waals surface area contributed by atoms with Crippen LogP contribution in [0.25, 0.3) is 0 Å². The molecular weight excluding hydrogens is 362 g/mol. The number of hydrogen-bond acceptors (Lipinski definition) is 5. The van der Waals surface area contributed by atoms with E-state index in [-0.39, 0.29) is 31.3 Å². The summed E-state index contributed by atoms with van der Waals surface area (Å²) in [5, 5.41) is 2.43. The van der Waals surface area contributed by atoms with E-state index in [4.69, 9.17) is 4.74 Å². The van der Waals surface area contributed by atoms with Crippen LogP contribution in [0.4, 0.5) is 0 Å². The number of amides is 4. The lowest BCUT2D eigenvalue weighted by atomic mass is 9.52. The summed E-state index contributed by atoms with van der Waals surface area (Å²) in [5.41, 5.74) is 2.17. The molecule has 2 bridgehead atoms. The summed E-state index contributed by atoms with van der Waals surface area (Å²) < 4.78 is 5.33. The van der Waals surface area contributed by atoms with Crippen molar-refractivity contribution in [3.05, 3.63) is 30.3 Å². The van der Waals surface area contributed by atoms with Crippen molar-refractivity contribution in [3.63, 3.8) is 0 Å². The third-order valence-electron chi connectivity index (χ3n) is 5.64. The van der Waals surface area contributed by atoms with Crippen molar-refractivity contribution in [2.75, 3.05) is 6.61 Å². The van der Waals surface area contributed by atoms with Gasteiger partial charge in [-0.2, -0.15) is 0 Å². The summed E-state index contributed by atoms with van der Waals surface area (Å²) in [6, 6.07) is 8.84. The first-order valence-electron chi connectivity index (χ1n) is 9.19. The maximum absolute atomic E-state index is 12.8. The van der Waals surface area contributed by atoms with Gasteiger partial charge in [0.1, 0.15) is 5.75 Å². The molecule has 2 unspecified atom stereocenters. The summed E-state index contributed by atoms with van der Waals surface area (Å²) in [4.78, 5) is 49.4. The zero-order valence-corrected chi connectivity index (χ0v) is 16.3. The molecule has 0 aromatic heterocycles. The lowest BCUT2D eigenvalue weighted by Crippen LogP contribution is -2.64. The Morgan fingerprint density at radius 2 is 1.54 bits per heavy atom. The second-order valence-corrected chi connectivity index (χ2v) is 8.60. The minimum atomic E-state index is -0.970. The normalized spacial score (nSPS) is 31.5. The Bertz CT molecular complexity index is 796. The van der Waals surface area contributed by atoms with Gasteiger partial charge in [0.05, 0.1) is 5.41 Å². The Kier molecular flexibility index (Phi) is 4.91. The van der Waals surface area contributed by atoms with E-state index in [1.54, 1.807) is 45.0 Å². The van der Waals surface area contributed by atoms with Crippen molar-refractivity contribution in [2.24, 2.45) is 16.2 Å². The molecule has 0 spiro atoms. The van der Waals surface area contributed by atoms with Crippen LogP contribution in [0.2, 0.25) is 0 Å². The number of ether oxygens (including phenoxy) is 1. The molecule has 2 atom stereocenters. The minimum absolute atomic E-state index is 0.253. The number of para-hydroxylation sites is 1. The molecule has 3 N–H and O–H groups in total. The number of benzene rings is 1. The molecule has 4 amide bonds. The smallest absolute Gasteiger partial charge is 0.276 e. The van der Waals surface area contributed by atoms with Gasteiger partial charge in [0, 0.05) is 10.8 Å². The molecule has 1 aliphatic heterocycles. The SMILES string of the molecule is CC1(C(=O)NNC(=O)COc2ccccc2)CC2(C)CC(C)(C1)C(=O)NC2=O. The quantitative estimate of drug-likeness (QED) is 0.528. The lowest BCUT2D eigenvalue weighted by Gasteiger charge is -2.53. The molecule has 1 aromatic rings. The minimum Gasteiger partial charge on any atom is -0.484 e. The molecule has 0 radical (unpaired) electrons. The van der Waals surface area contributed by atoms with Gasteiger partial charge >= 0.3 is 0 Å². The average molecular weight is 387 g/mol. The third kappa shape index (κ3) is 3.72. The first-order valence-corrected chi connectivity index (χ1v) is 9.19. The van der Waals surface area contributed by atoms with Crippen molar-refractivity contribution in [2.45, 2.75) is 40.0 Å². The van der Waals surface area contributed by atoms with Crippen LogP contribution < -0.4 is 20.9 Å². The molecule has 8 nitrogen and oxygen atoms in total. The predicted octanol–water partition coefficient (Wildman–Crippen LogP) is 1.07. The molecule has 8 heteroatoms. The van der Waals surface area contributed by atoms with Gasteiger partial charge in [-0.05, 0) is 31.4 Å². The van der Waals surface area contributed by atoms with E-state index in [9.17, 15) is 19.2 Å². The molecule has 1 saturated heterocycles. The first-order chi connectivity index (χ1) is 13.1. The monoisotopic (exact) mass is 387 g/mol. The van der Waals surface area contributed by atoms with E-state index in [1.165, 1.54) is 0 Å². The lowest BCUT2D eigenvalue weighted by molar-refractivity contribution is -0.165. The van der Waals surface area contributed by atoms with Crippen molar-refractivity contribution in [3.8, 4) is 5.75 Å². The average Bonchev–Trinajstić information content (AvgIpc) is 2.63. The number of nitrogens with one attached hydrogen (secondary N) is 3. The van der Waals surface area contributed by atoms with Gasteiger partial charge in [-0.15, -0.1) is 0 Å². The number of hydrazine groups is 1. The molecule has 2 fully saturated rings.